The molecule has 2 aliphatic heterocycles. The number of fused-ring (bicyclic) bond motifs is 1. The number of carbonyl (C=O) groups is 1. The Hall–Kier alpha value is -1.48. The molecule has 114 valence electrons. The summed E-state index contributed by atoms with van der Waals surface area (Å²) in [4.78, 5) is 13.8. The first-order valence-electron chi connectivity index (χ1n) is 6.57. The van der Waals surface area contributed by atoms with Gasteiger partial charge in [0.1, 0.15) is 18.8 Å². The highest BCUT2D eigenvalue weighted by atomic mass is 32.2. The minimum atomic E-state index is -3.81. The maximum Gasteiger partial charge on any atom is 0.336 e. The molecule has 8 heteroatoms. The summed E-state index contributed by atoms with van der Waals surface area (Å²) in [6.07, 6.45) is -0.579. The first kappa shape index (κ1) is 14.5. The minimum absolute atomic E-state index is 0.137. The van der Waals surface area contributed by atoms with Crippen molar-refractivity contribution in [3.8, 4) is 0 Å². The lowest BCUT2D eigenvalue weighted by Crippen LogP contribution is -2.57. The summed E-state index contributed by atoms with van der Waals surface area (Å²) in [5.74, 6) is -0.434. The van der Waals surface area contributed by atoms with Crippen LogP contribution < -0.4 is 4.72 Å². The number of carbonyl (C=O) groups excluding carboxylic acids is 1. The molecule has 21 heavy (non-hydrogen) atoms. The van der Waals surface area contributed by atoms with E-state index in [4.69, 9.17) is 4.74 Å². The highest BCUT2D eigenvalue weighted by Crippen LogP contribution is 2.25. The molecule has 2 heterocycles. The molecule has 0 radical (unpaired) electrons. The molecule has 0 aliphatic carbocycles. The Bertz CT molecular complexity index is 633. The van der Waals surface area contributed by atoms with Crippen LogP contribution in [0.5, 0.6) is 0 Å². The molecular formula is C13H16N2O5S. The number of hydrogen-bond acceptors (Lipinski definition) is 6. The van der Waals surface area contributed by atoms with Gasteiger partial charge in [-0.15, -0.1) is 0 Å². The van der Waals surface area contributed by atoms with Crippen molar-refractivity contribution in [1.29, 1.82) is 0 Å². The molecule has 0 unspecified atom stereocenters. The van der Waals surface area contributed by atoms with E-state index in [0.717, 1.165) is 5.56 Å². The summed E-state index contributed by atoms with van der Waals surface area (Å²) in [6, 6.07) is 8.35. The molecule has 0 saturated carbocycles. The molecule has 2 fully saturated rings. The van der Waals surface area contributed by atoms with Crippen LogP contribution >= 0.6 is 0 Å². The Morgan fingerprint density at radius 2 is 2.05 bits per heavy atom. The molecule has 0 amide bonds. The number of esters is 1. The summed E-state index contributed by atoms with van der Waals surface area (Å²) >= 11 is 0. The molecule has 3 rings (SSSR count). The Kier molecular flexibility index (Phi) is 3.70. The standard InChI is InChI=1S/C13H16N2O5S/c1-15(7-9-5-3-2-4-6-9)12-11-10(20-13(12)16)8-19-21(17,18)14-11/h2-6,10-12,14H,7-8H2,1H3/t10-,11+,12-/m1/s1. The number of rotatable bonds is 3. The molecule has 1 aromatic carbocycles. The van der Waals surface area contributed by atoms with Gasteiger partial charge in [-0.3, -0.25) is 13.9 Å². The fraction of sp³-hybridized carbons (Fsp3) is 0.462. The van der Waals surface area contributed by atoms with Gasteiger partial charge in [0, 0.05) is 6.54 Å². The predicted molar refractivity (Wildman–Crippen MR) is 73.4 cm³/mol. The van der Waals surface area contributed by atoms with Crippen molar-refractivity contribution in [2.45, 2.75) is 24.7 Å². The van der Waals surface area contributed by atoms with E-state index in [-0.39, 0.29) is 6.61 Å². The van der Waals surface area contributed by atoms with E-state index in [1.54, 1.807) is 11.9 Å². The number of nitrogens with zero attached hydrogens (tertiary/aromatic N) is 1. The Balaban J connectivity index is 1.78. The molecule has 1 N–H and O–H groups in total. The quantitative estimate of drug-likeness (QED) is 0.768. The Morgan fingerprint density at radius 3 is 2.76 bits per heavy atom. The van der Waals surface area contributed by atoms with Gasteiger partial charge in [-0.05, 0) is 12.6 Å². The molecule has 7 nitrogen and oxygen atoms in total. The zero-order valence-electron chi connectivity index (χ0n) is 11.4. The maximum absolute atomic E-state index is 12.0. The number of benzene rings is 1. The normalized spacial score (nSPS) is 31.0. The number of likely N-dealkylation sites (N-methyl/N-ethyl adjacent to an activating group) is 1. The molecule has 3 atom stereocenters. The zero-order valence-corrected chi connectivity index (χ0v) is 12.2. The first-order chi connectivity index (χ1) is 9.96. The lowest BCUT2D eigenvalue weighted by atomic mass is 10.1. The van der Waals surface area contributed by atoms with Gasteiger partial charge in [0.2, 0.25) is 0 Å². The van der Waals surface area contributed by atoms with Crippen molar-refractivity contribution >= 4 is 16.3 Å². The summed E-state index contributed by atoms with van der Waals surface area (Å²) in [7, 11) is -2.04. The summed E-state index contributed by atoms with van der Waals surface area (Å²) in [5, 5.41) is 0. The molecular weight excluding hydrogens is 296 g/mol. The van der Waals surface area contributed by atoms with Crippen molar-refractivity contribution in [2.75, 3.05) is 13.7 Å². The van der Waals surface area contributed by atoms with Crippen LogP contribution in [0.25, 0.3) is 0 Å². The van der Waals surface area contributed by atoms with Crippen LogP contribution in [0.4, 0.5) is 0 Å². The predicted octanol–water partition coefficient (Wildman–Crippen LogP) is -0.354. The van der Waals surface area contributed by atoms with Gasteiger partial charge in [-0.1, -0.05) is 30.3 Å². The second-order valence-corrected chi connectivity index (χ2v) is 6.58. The third-order valence-corrected chi connectivity index (χ3v) is 4.67. The monoisotopic (exact) mass is 312 g/mol. The summed E-state index contributed by atoms with van der Waals surface area (Å²) in [6.45, 7) is 0.383. The van der Waals surface area contributed by atoms with Crippen molar-refractivity contribution in [3.63, 3.8) is 0 Å². The van der Waals surface area contributed by atoms with E-state index >= 15 is 0 Å². The van der Waals surface area contributed by atoms with Crippen LogP contribution in [0.15, 0.2) is 30.3 Å². The third kappa shape index (κ3) is 2.93. The second-order valence-electron chi connectivity index (χ2n) is 5.20. The summed E-state index contributed by atoms with van der Waals surface area (Å²) < 4.78 is 35.2. The van der Waals surface area contributed by atoms with Gasteiger partial charge in [0.25, 0.3) is 0 Å². The van der Waals surface area contributed by atoms with E-state index in [2.05, 4.69) is 8.91 Å². The van der Waals surface area contributed by atoms with Crippen LogP contribution in [0, 0.1) is 0 Å². The highest BCUT2D eigenvalue weighted by Gasteiger charge is 2.51. The lowest BCUT2D eigenvalue weighted by molar-refractivity contribution is -0.145. The van der Waals surface area contributed by atoms with Gasteiger partial charge in [-0.25, -0.2) is 0 Å². The van der Waals surface area contributed by atoms with Crippen LogP contribution in [-0.2, 0) is 30.6 Å². The number of ether oxygens (including phenoxy) is 1. The van der Waals surface area contributed by atoms with E-state index in [1.165, 1.54) is 0 Å². The van der Waals surface area contributed by atoms with Crippen molar-refractivity contribution in [1.82, 2.24) is 9.62 Å². The average molecular weight is 312 g/mol. The minimum Gasteiger partial charge on any atom is -0.457 e. The second kappa shape index (κ2) is 5.38. The topological polar surface area (TPSA) is 84.9 Å². The van der Waals surface area contributed by atoms with E-state index < -0.39 is 34.5 Å². The molecule has 1 aromatic rings. The lowest BCUT2D eigenvalue weighted by Gasteiger charge is -2.30. The third-order valence-electron chi connectivity index (χ3n) is 3.67. The largest absolute Gasteiger partial charge is 0.457 e. The molecule has 0 spiro atoms. The Morgan fingerprint density at radius 1 is 1.33 bits per heavy atom. The van der Waals surface area contributed by atoms with Gasteiger partial charge in [0.05, 0.1) is 6.04 Å². The van der Waals surface area contributed by atoms with Crippen LogP contribution in [0.2, 0.25) is 0 Å². The van der Waals surface area contributed by atoms with Gasteiger partial charge in [-0.2, -0.15) is 13.1 Å². The van der Waals surface area contributed by atoms with Gasteiger partial charge >= 0.3 is 16.3 Å². The number of nitrogens with one attached hydrogen (secondary N) is 1. The molecule has 0 bridgehead atoms. The van der Waals surface area contributed by atoms with E-state index in [1.807, 2.05) is 30.3 Å². The number of hydrogen-bond donors (Lipinski definition) is 1. The van der Waals surface area contributed by atoms with Crippen molar-refractivity contribution in [3.05, 3.63) is 35.9 Å². The van der Waals surface area contributed by atoms with E-state index in [0.29, 0.717) is 6.54 Å². The van der Waals surface area contributed by atoms with Crippen LogP contribution in [0.3, 0.4) is 0 Å². The van der Waals surface area contributed by atoms with Crippen molar-refractivity contribution < 1.29 is 22.1 Å². The maximum atomic E-state index is 12.0. The zero-order chi connectivity index (χ0) is 15.0. The first-order valence-corrected chi connectivity index (χ1v) is 7.98. The molecule has 0 aromatic heterocycles. The van der Waals surface area contributed by atoms with Gasteiger partial charge in [0.15, 0.2) is 0 Å². The SMILES string of the molecule is CN(Cc1ccccc1)[C@H]1C(=O)O[C@@H]2COS(=O)(=O)N[C@@H]21. The fourth-order valence-electron chi connectivity index (χ4n) is 2.70. The van der Waals surface area contributed by atoms with Crippen LogP contribution in [0.1, 0.15) is 5.56 Å². The smallest absolute Gasteiger partial charge is 0.336 e. The average Bonchev–Trinajstić information content (AvgIpc) is 2.74. The summed E-state index contributed by atoms with van der Waals surface area (Å²) in [5.41, 5.74) is 1.03. The molecule has 2 aliphatic rings. The highest BCUT2D eigenvalue weighted by molar-refractivity contribution is 7.84. The van der Waals surface area contributed by atoms with E-state index in [9.17, 15) is 13.2 Å². The van der Waals surface area contributed by atoms with Crippen molar-refractivity contribution in [2.24, 2.45) is 0 Å². The Labute approximate surface area is 123 Å². The fourth-order valence-corrected chi connectivity index (χ4v) is 3.70. The molecule has 2 saturated heterocycles. The van der Waals surface area contributed by atoms with Gasteiger partial charge < -0.3 is 4.74 Å². The van der Waals surface area contributed by atoms with Crippen LogP contribution in [-0.4, -0.2) is 51.1 Å².